The molecular weight excluding hydrogens is 370 g/mol. The lowest BCUT2D eigenvalue weighted by molar-refractivity contribution is 0.0742. The van der Waals surface area contributed by atoms with Crippen molar-refractivity contribution < 1.29 is 9.53 Å². The smallest absolute Gasteiger partial charge is 0.261 e. The number of carbonyl (C=O) groups excluding carboxylic acids is 1. The number of aromatic nitrogens is 4. The van der Waals surface area contributed by atoms with E-state index in [4.69, 9.17) is 9.72 Å². The van der Waals surface area contributed by atoms with Gasteiger partial charge in [0.1, 0.15) is 11.4 Å². The Morgan fingerprint density at radius 2 is 1.72 bits per heavy atom. The largest absolute Gasteiger partial charge is 0.479 e. The minimum atomic E-state index is -0.0474. The molecule has 0 aliphatic carbocycles. The lowest BCUT2D eigenvalue weighted by Crippen LogP contribution is -2.49. The van der Waals surface area contributed by atoms with Gasteiger partial charge in [-0.2, -0.15) is 4.98 Å². The molecule has 0 aromatic carbocycles. The number of hydrogen-bond acceptors (Lipinski definition) is 7. The number of carbonyl (C=O) groups is 1. The Balaban J connectivity index is 1.44. The van der Waals surface area contributed by atoms with Crippen molar-refractivity contribution in [1.29, 1.82) is 0 Å². The van der Waals surface area contributed by atoms with Crippen molar-refractivity contribution in [2.24, 2.45) is 7.05 Å². The average molecular weight is 399 g/mol. The van der Waals surface area contributed by atoms with Crippen molar-refractivity contribution in [2.45, 2.75) is 26.2 Å². The zero-order chi connectivity index (χ0) is 20.4. The molecule has 0 saturated carbocycles. The molecule has 4 rings (SSSR count). The number of piperidine rings is 1. The number of hydrogen-bond donors (Lipinski definition) is 0. The van der Waals surface area contributed by atoms with Gasteiger partial charge in [-0.1, -0.05) is 0 Å². The third-order valence-electron chi connectivity index (χ3n) is 5.58. The minimum absolute atomic E-state index is 0.0474. The fourth-order valence-electron chi connectivity index (χ4n) is 4.01. The number of nitrogens with zero attached hydrogens (tertiary/aromatic N) is 7. The van der Waals surface area contributed by atoms with Crippen LogP contribution in [0.2, 0.25) is 0 Å². The second-order valence-corrected chi connectivity index (χ2v) is 7.72. The molecule has 29 heavy (non-hydrogen) atoms. The fraction of sp³-hybridized carbons (Fsp3) is 0.600. The summed E-state index contributed by atoms with van der Waals surface area (Å²) in [5.41, 5.74) is 1.48. The van der Waals surface area contributed by atoms with Crippen LogP contribution in [0.4, 0.5) is 11.8 Å². The van der Waals surface area contributed by atoms with Crippen LogP contribution < -0.4 is 14.5 Å². The van der Waals surface area contributed by atoms with Crippen LogP contribution in [0, 0.1) is 6.92 Å². The summed E-state index contributed by atoms with van der Waals surface area (Å²) >= 11 is 0. The summed E-state index contributed by atoms with van der Waals surface area (Å²) in [6.07, 6.45) is 5.45. The van der Waals surface area contributed by atoms with Crippen LogP contribution in [0.1, 0.15) is 35.3 Å². The van der Waals surface area contributed by atoms with Crippen LogP contribution in [0.3, 0.4) is 0 Å². The summed E-state index contributed by atoms with van der Waals surface area (Å²) in [5, 5.41) is 4.18. The highest BCUT2D eigenvalue weighted by molar-refractivity contribution is 5.96. The Labute approximate surface area is 171 Å². The third kappa shape index (κ3) is 4.13. The Morgan fingerprint density at radius 3 is 2.41 bits per heavy atom. The molecule has 2 aliphatic heterocycles. The minimum Gasteiger partial charge on any atom is -0.479 e. The van der Waals surface area contributed by atoms with Crippen LogP contribution >= 0.6 is 0 Å². The van der Waals surface area contributed by atoms with Gasteiger partial charge in [-0.25, -0.2) is 4.98 Å². The first-order chi connectivity index (χ1) is 14.0. The van der Waals surface area contributed by atoms with E-state index >= 15 is 0 Å². The van der Waals surface area contributed by atoms with Gasteiger partial charge < -0.3 is 19.4 Å². The van der Waals surface area contributed by atoms with Gasteiger partial charge in [-0.3, -0.25) is 9.48 Å². The molecule has 1 amide bonds. The molecule has 9 heteroatoms. The molecular formula is C20H29N7O2. The lowest BCUT2D eigenvalue weighted by Gasteiger charge is -2.35. The zero-order valence-electron chi connectivity index (χ0n) is 17.5. The van der Waals surface area contributed by atoms with Crippen molar-refractivity contribution in [3.05, 3.63) is 23.5 Å². The molecule has 0 N–H and O–H groups in total. The van der Waals surface area contributed by atoms with Crippen molar-refractivity contribution >= 4 is 17.7 Å². The predicted molar refractivity (Wildman–Crippen MR) is 111 cm³/mol. The zero-order valence-corrected chi connectivity index (χ0v) is 17.5. The summed E-state index contributed by atoms with van der Waals surface area (Å²) in [7, 11) is 3.32. The van der Waals surface area contributed by atoms with E-state index in [0.29, 0.717) is 37.6 Å². The first kappa shape index (κ1) is 19.5. The molecule has 0 bridgehead atoms. The third-order valence-corrected chi connectivity index (χ3v) is 5.58. The molecule has 0 unspecified atom stereocenters. The van der Waals surface area contributed by atoms with Crippen LogP contribution in [0.5, 0.6) is 5.88 Å². The maximum Gasteiger partial charge on any atom is 0.261 e. The van der Waals surface area contributed by atoms with Crippen molar-refractivity contribution in [3.63, 3.8) is 0 Å². The van der Waals surface area contributed by atoms with E-state index in [1.807, 2.05) is 11.8 Å². The highest BCUT2D eigenvalue weighted by Crippen LogP contribution is 2.23. The van der Waals surface area contributed by atoms with Crippen molar-refractivity contribution in [1.82, 2.24) is 24.6 Å². The number of piperazine rings is 1. The Morgan fingerprint density at radius 1 is 1.00 bits per heavy atom. The van der Waals surface area contributed by atoms with E-state index in [0.717, 1.165) is 30.5 Å². The van der Waals surface area contributed by atoms with Gasteiger partial charge in [0.15, 0.2) is 0 Å². The lowest BCUT2D eigenvalue weighted by atomic mass is 10.1. The highest BCUT2D eigenvalue weighted by Gasteiger charge is 2.27. The fourth-order valence-corrected chi connectivity index (χ4v) is 4.01. The normalized spacial score (nSPS) is 17.6. The molecule has 9 nitrogen and oxygen atoms in total. The molecule has 0 spiro atoms. The first-order valence-electron chi connectivity index (χ1n) is 10.3. The molecule has 156 valence electrons. The van der Waals surface area contributed by atoms with Gasteiger partial charge in [0.25, 0.3) is 5.91 Å². The summed E-state index contributed by atoms with van der Waals surface area (Å²) < 4.78 is 6.84. The summed E-state index contributed by atoms with van der Waals surface area (Å²) in [6, 6.07) is 2.07. The van der Waals surface area contributed by atoms with Gasteiger partial charge in [0.2, 0.25) is 11.8 Å². The van der Waals surface area contributed by atoms with Gasteiger partial charge in [0, 0.05) is 64.3 Å². The molecule has 2 fully saturated rings. The van der Waals surface area contributed by atoms with E-state index in [1.165, 1.54) is 26.4 Å². The SMILES string of the molecule is COc1nn(C)cc1C(=O)N1CCN(c2nc(C)cc(N3CCCCC3)n2)CC1. The molecule has 2 aliphatic rings. The monoisotopic (exact) mass is 399 g/mol. The van der Waals surface area contributed by atoms with Gasteiger partial charge in [-0.05, 0) is 26.2 Å². The molecule has 2 saturated heterocycles. The molecule has 2 aromatic rings. The summed E-state index contributed by atoms with van der Waals surface area (Å²) in [4.78, 5) is 28.8. The number of aryl methyl sites for hydroxylation is 2. The topological polar surface area (TPSA) is 79.6 Å². The standard InChI is InChI=1S/C20H29N7O2/c1-15-13-17(25-7-5-4-6-8-25)22-20(21-15)27-11-9-26(10-12-27)19(28)16-14-24(2)23-18(16)29-3/h13-14H,4-12H2,1-3H3. The summed E-state index contributed by atoms with van der Waals surface area (Å²) in [6.45, 7) is 6.79. The number of anilines is 2. The van der Waals surface area contributed by atoms with Crippen LogP contribution in [-0.4, -0.2) is 76.9 Å². The number of methoxy groups -OCH3 is 1. The number of rotatable bonds is 4. The van der Waals surface area contributed by atoms with Gasteiger partial charge in [-0.15, -0.1) is 5.10 Å². The Kier molecular flexibility index (Phi) is 5.55. The highest BCUT2D eigenvalue weighted by atomic mass is 16.5. The van der Waals surface area contributed by atoms with Crippen LogP contribution in [0.15, 0.2) is 12.3 Å². The molecule has 0 radical (unpaired) electrons. The predicted octanol–water partition coefficient (Wildman–Crippen LogP) is 1.48. The van der Waals surface area contributed by atoms with E-state index in [-0.39, 0.29) is 5.91 Å². The van der Waals surface area contributed by atoms with E-state index in [9.17, 15) is 4.79 Å². The first-order valence-corrected chi connectivity index (χ1v) is 10.3. The Hall–Kier alpha value is -2.84. The second kappa shape index (κ2) is 8.26. The average Bonchev–Trinajstić information content (AvgIpc) is 3.14. The number of ether oxygens (including phenoxy) is 1. The van der Waals surface area contributed by atoms with E-state index in [1.54, 1.807) is 17.9 Å². The van der Waals surface area contributed by atoms with E-state index in [2.05, 4.69) is 25.9 Å². The summed E-state index contributed by atoms with van der Waals surface area (Å²) in [5.74, 6) is 2.10. The number of amides is 1. The second-order valence-electron chi connectivity index (χ2n) is 7.72. The van der Waals surface area contributed by atoms with Gasteiger partial charge in [0.05, 0.1) is 7.11 Å². The Bertz CT molecular complexity index is 868. The van der Waals surface area contributed by atoms with Gasteiger partial charge >= 0.3 is 0 Å². The maximum atomic E-state index is 12.9. The van der Waals surface area contributed by atoms with Crippen LogP contribution in [-0.2, 0) is 7.05 Å². The van der Waals surface area contributed by atoms with E-state index < -0.39 is 0 Å². The van der Waals surface area contributed by atoms with Crippen LogP contribution in [0.25, 0.3) is 0 Å². The molecule has 0 atom stereocenters. The van der Waals surface area contributed by atoms with Crippen molar-refractivity contribution in [2.75, 3.05) is 56.2 Å². The maximum absolute atomic E-state index is 12.9. The van der Waals surface area contributed by atoms with Crippen molar-refractivity contribution in [3.8, 4) is 5.88 Å². The molecule has 4 heterocycles. The quantitative estimate of drug-likeness (QED) is 0.770. The molecule has 2 aromatic heterocycles.